The molecule has 0 aliphatic carbocycles. The zero-order valence-corrected chi connectivity index (χ0v) is 13.6. The smallest absolute Gasteiger partial charge is 0.161 e. The standard InChI is InChI=1S/C18H24N4O/c1-23-13-16-10-17(20-12-14-6-5-9-19-11-14)22-18(21-16)15-7-3-2-4-8-15/h2-4,7-8,10,14,19H,5-6,9,11-13H2,1H3,(H,20,21,22). The van der Waals surface area contributed by atoms with Gasteiger partial charge in [-0.2, -0.15) is 0 Å². The highest BCUT2D eigenvalue weighted by molar-refractivity contribution is 5.57. The van der Waals surface area contributed by atoms with Gasteiger partial charge in [0.15, 0.2) is 5.82 Å². The highest BCUT2D eigenvalue weighted by Crippen LogP contribution is 2.19. The van der Waals surface area contributed by atoms with Crippen LogP contribution >= 0.6 is 0 Å². The van der Waals surface area contributed by atoms with Crippen LogP contribution in [-0.2, 0) is 11.3 Å². The molecule has 1 fully saturated rings. The number of nitrogens with one attached hydrogen (secondary N) is 2. The number of methoxy groups -OCH3 is 1. The van der Waals surface area contributed by atoms with Crippen molar-refractivity contribution in [3.05, 3.63) is 42.1 Å². The fourth-order valence-electron chi connectivity index (χ4n) is 2.87. The van der Waals surface area contributed by atoms with Crippen LogP contribution in [0.4, 0.5) is 5.82 Å². The zero-order valence-electron chi connectivity index (χ0n) is 13.6. The van der Waals surface area contributed by atoms with Crippen LogP contribution in [0.3, 0.4) is 0 Å². The Bertz CT molecular complexity index is 612. The Labute approximate surface area is 137 Å². The zero-order chi connectivity index (χ0) is 15.9. The van der Waals surface area contributed by atoms with Gasteiger partial charge in [-0.05, 0) is 31.8 Å². The molecule has 23 heavy (non-hydrogen) atoms. The molecule has 1 aliphatic rings. The fraction of sp³-hybridized carbons (Fsp3) is 0.444. The van der Waals surface area contributed by atoms with Gasteiger partial charge >= 0.3 is 0 Å². The summed E-state index contributed by atoms with van der Waals surface area (Å²) in [6.07, 6.45) is 2.52. The molecular weight excluding hydrogens is 288 g/mol. The highest BCUT2D eigenvalue weighted by Gasteiger charge is 2.13. The second-order valence-electron chi connectivity index (χ2n) is 5.96. The largest absolute Gasteiger partial charge is 0.378 e. The number of hydrogen-bond acceptors (Lipinski definition) is 5. The summed E-state index contributed by atoms with van der Waals surface area (Å²) in [6, 6.07) is 12.0. The normalized spacial score (nSPS) is 17.9. The molecule has 1 unspecified atom stereocenters. The first-order chi connectivity index (χ1) is 11.3. The molecule has 5 nitrogen and oxygen atoms in total. The number of rotatable bonds is 6. The summed E-state index contributed by atoms with van der Waals surface area (Å²) >= 11 is 0. The molecular formula is C18H24N4O. The molecule has 0 saturated carbocycles. The average molecular weight is 312 g/mol. The number of anilines is 1. The van der Waals surface area contributed by atoms with E-state index >= 15 is 0 Å². The van der Waals surface area contributed by atoms with Gasteiger partial charge in [0.2, 0.25) is 0 Å². The second-order valence-corrected chi connectivity index (χ2v) is 5.96. The van der Waals surface area contributed by atoms with Gasteiger partial charge in [0.05, 0.1) is 12.3 Å². The van der Waals surface area contributed by atoms with Crippen LogP contribution < -0.4 is 10.6 Å². The lowest BCUT2D eigenvalue weighted by Gasteiger charge is -2.23. The third-order valence-electron chi connectivity index (χ3n) is 4.07. The summed E-state index contributed by atoms with van der Waals surface area (Å²) in [5.74, 6) is 2.27. The van der Waals surface area contributed by atoms with Gasteiger partial charge in [0, 0.05) is 25.3 Å². The summed E-state index contributed by atoms with van der Waals surface area (Å²) in [5, 5.41) is 6.92. The Morgan fingerprint density at radius 3 is 2.87 bits per heavy atom. The van der Waals surface area contributed by atoms with Crippen LogP contribution in [0.15, 0.2) is 36.4 Å². The van der Waals surface area contributed by atoms with Crippen molar-refractivity contribution in [1.29, 1.82) is 0 Å². The molecule has 0 bridgehead atoms. The Morgan fingerprint density at radius 2 is 2.13 bits per heavy atom. The molecule has 0 amide bonds. The minimum absolute atomic E-state index is 0.488. The maximum Gasteiger partial charge on any atom is 0.161 e. The van der Waals surface area contributed by atoms with Crippen LogP contribution in [0, 0.1) is 5.92 Å². The van der Waals surface area contributed by atoms with Crippen LogP contribution in [0.1, 0.15) is 18.5 Å². The number of nitrogens with zero attached hydrogens (tertiary/aromatic N) is 2. The number of hydrogen-bond donors (Lipinski definition) is 2. The lowest BCUT2D eigenvalue weighted by molar-refractivity contribution is 0.181. The second kappa shape index (κ2) is 8.04. The van der Waals surface area contributed by atoms with Crippen LogP contribution in [0.25, 0.3) is 11.4 Å². The number of piperidine rings is 1. The maximum absolute atomic E-state index is 5.24. The quantitative estimate of drug-likeness (QED) is 0.859. The van der Waals surface area contributed by atoms with E-state index in [0.29, 0.717) is 12.5 Å². The summed E-state index contributed by atoms with van der Waals surface area (Å²) < 4.78 is 5.24. The Balaban J connectivity index is 1.76. The van der Waals surface area contributed by atoms with E-state index in [1.807, 2.05) is 36.4 Å². The van der Waals surface area contributed by atoms with Gasteiger partial charge in [-0.15, -0.1) is 0 Å². The molecule has 2 aromatic rings. The summed E-state index contributed by atoms with van der Waals surface area (Å²) in [5.41, 5.74) is 1.92. The Hall–Kier alpha value is -1.98. The van der Waals surface area contributed by atoms with Crippen LogP contribution in [0.5, 0.6) is 0 Å². The van der Waals surface area contributed by atoms with Crippen molar-refractivity contribution in [3.63, 3.8) is 0 Å². The number of aromatic nitrogens is 2. The SMILES string of the molecule is COCc1cc(NCC2CCCNC2)nc(-c2ccccc2)n1. The molecule has 122 valence electrons. The molecule has 2 N–H and O–H groups in total. The van der Waals surface area contributed by atoms with Crippen LogP contribution in [0.2, 0.25) is 0 Å². The summed E-state index contributed by atoms with van der Waals surface area (Å²) in [7, 11) is 1.69. The first kappa shape index (κ1) is 15.9. The fourth-order valence-corrected chi connectivity index (χ4v) is 2.87. The van der Waals surface area contributed by atoms with Crippen molar-refractivity contribution in [1.82, 2.24) is 15.3 Å². The molecule has 1 aromatic carbocycles. The summed E-state index contributed by atoms with van der Waals surface area (Å²) in [4.78, 5) is 9.27. The van der Waals surface area contributed by atoms with Gasteiger partial charge in [-0.1, -0.05) is 30.3 Å². The first-order valence-corrected chi connectivity index (χ1v) is 8.22. The predicted octanol–water partition coefficient (Wildman–Crippen LogP) is 2.70. The van der Waals surface area contributed by atoms with Crippen molar-refractivity contribution in [2.45, 2.75) is 19.4 Å². The third-order valence-corrected chi connectivity index (χ3v) is 4.07. The molecule has 0 spiro atoms. The van der Waals surface area contributed by atoms with Crippen molar-refractivity contribution >= 4 is 5.82 Å². The van der Waals surface area contributed by atoms with Gasteiger partial charge < -0.3 is 15.4 Å². The molecule has 1 atom stereocenters. The van der Waals surface area contributed by atoms with Gasteiger partial charge in [-0.3, -0.25) is 0 Å². The van der Waals surface area contributed by atoms with E-state index in [0.717, 1.165) is 42.5 Å². The molecule has 3 rings (SSSR count). The van der Waals surface area contributed by atoms with E-state index in [2.05, 4.69) is 20.6 Å². The minimum atomic E-state index is 0.488. The minimum Gasteiger partial charge on any atom is -0.378 e. The lowest BCUT2D eigenvalue weighted by Crippen LogP contribution is -2.33. The van der Waals surface area contributed by atoms with E-state index in [-0.39, 0.29) is 0 Å². The Morgan fingerprint density at radius 1 is 1.26 bits per heavy atom. The molecule has 2 heterocycles. The third kappa shape index (κ3) is 4.50. The topological polar surface area (TPSA) is 59.1 Å². The highest BCUT2D eigenvalue weighted by atomic mass is 16.5. The van der Waals surface area contributed by atoms with Crippen molar-refractivity contribution in [3.8, 4) is 11.4 Å². The lowest BCUT2D eigenvalue weighted by atomic mass is 10.00. The Kier molecular flexibility index (Phi) is 5.56. The van der Waals surface area contributed by atoms with Gasteiger partial charge in [0.25, 0.3) is 0 Å². The maximum atomic E-state index is 5.24. The van der Waals surface area contributed by atoms with Crippen molar-refractivity contribution in [2.75, 3.05) is 32.1 Å². The van der Waals surface area contributed by atoms with E-state index in [4.69, 9.17) is 4.74 Å². The molecule has 0 radical (unpaired) electrons. The molecule has 5 heteroatoms. The molecule has 1 aromatic heterocycles. The number of ether oxygens (including phenoxy) is 1. The van der Waals surface area contributed by atoms with Crippen molar-refractivity contribution in [2.24, 2.45) is 5.92 Å². The molecule has 1 aliphatic heterocycles. The van der Waals surface area contributed by atoms with Crippen molar-refractivity contribution < 1.29 is 4.74 Å². The number of benzene rings is 1. The monoisotopic (exact) mass is 312 g/mol. The van der Waals surface area contributed by atoms with Crippen LogP contribution in [-0.4, -0.2) is 36.7 Å². The van der Waals surface area contributed by atoms with E-state index in [9.17, 15) is 0 Å². The van der Waals surface area contributed by atoms with E-state index < -0.39 is 0 Å². The van der Waals surface area contributed by atoms with Gasteiger partial charge in [0.1, 0.15) is 5.82 Å². The average Bonchev–Trinajstić information content (AvgIpc) is 2.62. The predicted molar refractivity (Wildman–Crippen MR) is 92.3 cm³/mol. The first-order valence-electron chi connectivity index (χ1n) is 8.22. The van der Waals surface area contributed by atoms with E-state index in [1.165, 1.54) is 12.8 Å². The van der Waals surface area contributed by atoms with Gasteiger partial charge in [-0.25, -0.2) is 9.97 Å². The molecule has 1 saturated heterocycles. The summed E-state index contributed by atoms with van der Waals surface area (Å²) in [6.45, 7) is 3.64. The van der Waals surface area contributed by atoms with E-state index in [1.54, 1.807) is 7.11 Å².